The van der Waals surface area contributed by atoms with Crippen molar-refractivity contribution in [2.75, 3.05) is 18.8 Å². The molecule has 0 radical (unpaired) electrons. The van der Waals surface area contributed by atoms with E-state index in [4.69, 9.17) is 4.52 Å². The van der Waals surface area contributed by atoms with Crippen LogP contribution in [0, 0.1) is 0 Å². The van der Waals surface area contributed by atoms with Gasteiger partial charge in [0.05, 0.1) is 17.2 Å². The van der Waals surface area contributed by atoms with Crippen molar-refractivity contribution in [3.8, 4) is 11.3 Å². The van der Waals surface area contributed by atoms with E-state index >= 15 is 0 Å². The van der Waals surface area contributed by atoms with Crippen molar-refractivity contribution in [2.24, 2.45) is 0 Å². The van der Waals surface area contributed by atoms with E-state index in [1.807, 2.05) is 30.3 Å². The molecule has 0 aliphatic heterocycles. The van der Waals surface area contributed by atoms with E-state index in [2.05, 4.69) is 15.8 Å². The summed E-state index contributed by atoms with van der Waals surface area (Å²) in [5.74, 6) is -0.593. The fourth-order valence-electron chi connectivity index (χ4n) is 2.67. The topological polar surface area (TPSA) is 118 Å². The lowest BCUT2D eigenvalue weighted by atomic mass is 10.1. The van der Waals surface area contributed by atoms with E-state index in [9.17, 15) is 18.0 Å². The number of carbonyl (C=O) groups is 2. The summed E-state index contributed by atoms with van der Waals surface area (Å²) in [6.07, 6.45) is 0.265. The Hall–Kier alpha value is -3.46. The van der Waals surface area contributed by atoms with Crippen LogP contribution in [0.4, 0.5) is 0 Å². The summed E-state index contributed by atoms with van der Waals surface area (Å²) < 4.78 is 29.5. The van der Waals surface area contributed by atoms with Crippen LogP contribution in [0.2, 0.25) is 0 Å². The van der Waals surface area contributed by atoms with Gasteiger partial charge >= 0.3 is 0 Å². The van der Waals surface area contributed by atoms with Gasteiger partial charge in [0.25, 0.3) is 5.91 Å². The molecular formula is C21H21N3O5S. The SMILES string of the molecule is O=C(CNC(=O)c1cc(-c2ccccc2)on1)NCCCS(=O)(=O)c1ccccc1. The predicted octanol–water partition coefficient (Wildman–Crippen LogP) is 2.05. The molecule has 0 atom stereocenters. The normalized spacial score (nSPS) is 11.1. The first-order valence-electron chi connectivity index (χ1n) is 9.30. The minimum absolute atomic E-state index is 0.0654. The number of nitrogens with one attached hydrogen (secondary N) is 2. The van der Waals surface area contributed by atoms with Crippen LogP contribution in [-0.2, 0) is 14.6 Å². The van der Waals surface area contributed by atoms with Gasteiger partial charge in [0.2, 0.25) is 5.91 Å². The summed E-state index contributed by atoms with van der Waals surface area (Å²) in [5, 5.41) is 8.75. The highest BCUT2D eigenvalue weighted by molar-refractivity contribution is 7.91. The number of sulfone groups is 1. The minimum atomic E-state index is -3.38. The molecule has 1 aromatic heterocycles. The quantitative estimate of drug-likeness (QED) is 0.505. The Morgan fingerprint density at radius 2 is 1.60 bits per heavy atom. The van der Waals surface area contributed by atoms with Gasteiger partial charge in [-0.1, -0.05) is 53.7 Å². The largest absolute Gasteiger partial charge is 0.355 e. The van der Waals surface area contributed by atoms with E-state index in [0.29, 0.717) is 5.76 Å². The number of hydrogen-bond acceptors (Lipinski definition) is 6. The summed E-state index contributed by atoms with van der Waals surface area (Å²) in [6.45, 7) is -0.0688. The van der Waals surface area contributed by atoms with Crippen LogP contribution in [0.15, 0.2) is 76.1 Å². The average Bonchev–Trinajstić information content (AvgIpc) is 3.27. The first-order valence-corrected chi connectivity index (χ1v) is 11.0. The van der Waals surface area contributed by atoms with Crippen LogP contribution in [0.1, 0.15) is 16.9 Å². The molecule has 0 bridgehead atoms. The van der Waals surface area contributed by atoms with E-state index < -0.39 is 21.7 Å². The summed E-state index contributed by atoms with van der Waals surface area (Å²) in [6, 6.07) is 18.8. The number of carbonyl (C=O) groups excluding carboxylic acids is 2. The molecule has 0 spiro atoms. The van der Waals surface area contributed by atoms with E-state index in [1.54, 1.807) is 18.2 Å². The molecule has 0 aliphatic rings. The number of amides is 2. The zero-order valence-electron chi connectivity index (χ0n) is 16.1. The van der Waals surface area contributed by atoms with Crippen LogP contribution in [0.25, 0.3) is 11.3 Å². The molecule has 30 heavy (non-hydrogen) atoms. The van der Waals surface area contributed by atoms with Gasteiger partial charge in [-0.25, -0.2) is 8.42 Å². The minimum Gasteiger partial charge on any atom is -0.355 e. The molecule has 2 aromatic carbocycles. The highest BCUT2D eigenvalue weighted by Gasteiger charge is 2.15. The van der Waals surface area contributed by atoms with E-state index in [0.717, 1.165) is 5.56 Å². The lowest BCUT2D eigenvalue weighted by Crippen LogP contribution is -2.37. The lowest BCUT2D eigenvalue weighted by molar-refractivity contribution is -0.120. The first kappa shape index (κ1) is 21.3. The second-order valence-corrected chi connectivity index (χ2v) is 8.57. The Kier molecular flexibility index (Phi) is 6.97. The molecule has 2 amide bonds. The van der Waals surface area contributed by atoms with Crippen molar-refractivity contribution in [1.82, 2.24) is 15.8 Å². The Balaban J connectivity index is 1.40. The maximum absolute atomic E-state index is 12.2. The third-order valence-corrected chi connectivity index (χ3v) is 6.04. The highest BCUT2D eigenvalue weighted by Crippen LogP contribution is 2.19. The van der Waals surface area contributed by atoms with Crippen molar-refractivity contribution in [2.45, 2.75) is 11.3 Å². The second kappa shape index (κ2) is 9.84. The van der Waals surface area contributed by atoms with Crippen LogP contribution in [0.3, 0.4) is 0 Å². The molecule has 1 heterocycles. The van der Waals surface area contributed by atoms with Crippen molar-refractivity contribution in [3.05, 3.63) is 72.4 Å². The monoisotopic (exact) mass is 427 g/mol. The van der Waals surface area contributed by atoms with Crippen LogP contribution in [-0.4, -0.2) is 44.2 Å². The van der Waals surface area contributed by atoms with Gasteiger partial charge in [-0.2, -0.15) is 0 Å². The molecule has 0 aliphatic carbocycles. The summed E-state index contributed by atoms with van der Waals surface area (Å²) in [5.41, 5.74) is 0.850. The third-order valence-electron chi connectivity index (χ3n) is 4.22. The zero-order chi connectivity index (χ0) is 21.4. The molecule has 9 heteroatoms. The zero-order valence-corrected chi connectivity index (χ0v) is 16.9. The fraction of sp³-hybridized carbons (Fsp3) is 0.190. The Morgan fingerprint density at radius 1 is 0.933 bits per heavy atom. The molecule has 3 rings (SSSR count). The predicted molar refractivity (Wildman–Crippen MR) is 110 cm³/mol. The summed E-state index contributed by atoms with van der Waals surface area (Å²) in [7, 11) is -3.38. The van der Waals surface area contributed by atoms with Gasteiger partial charge in [-0.3, -0.25) is 9.59 Å². The van der Waals surface area contributed by atoms with Crippen LogP contribution >= 0.6 is 0 Å². The molecule has 3 aromatic rings. The Bertz CT molecular complexity index is 1100. The molecule has 0 fully saturated rings. The molecule has 8 nitrogen and oxygen atoms in total. The third kappa shape index (κ3) is 5.77. The number of rotatable bonds is 9. The maximum atomic E-state index is 12.2. The van der Waals surface area contributed by atoms with Gasteiger partial charge in [-0.15, -0.1) is 0 Å². The molecule has 0 unspecified atom stereocenters. The lowest BCUT2D eigenvalue weighted by Gasteiger charge is -2.07. The Morgan fingerprint density at radius 3 is 2.30 bits per heavy atom. The smallest absolute Gasteiger partial charge is 0.273 e. The number of aromatic nitrogens is 1. The molecule has 0 saturated heterocycles. The van der Waals surface area contributed by atoms with Crippen molar-refractivity contribution < 1.29 is 22.5 Å². The average molecular weight is 427 g/mol. The van der Waals surface area contributed by atoms with Gasteiger partial charge in [0.1, 0.15) is 0 Å². The fourth-order valence-corrected chi connectivity index (χ4v) is 4.00. The number of benzene rings is 2. The molecule has 156 valence electrons. The van der Waals surface area contributed by atoms with Crippen molar-refractivity contribution in [1.29, 1.82) is 0 Å². The van der Waals surface area contributed by atoms with Crippen molar-refractivity contribution in [3.63, 3.8) is 0 Å². The summed E-state index contributed by atoms with van der Waals surface area (Å²) in [4.78, 5) is 24.3. The number of nitrogens with zero attached hydrogens (tertiary/aromatic N) is 1. The Labute approximate surface area is 174 Å². The van der Waals surface area contributed by atoms with Crippen LogP contribution in [0.5, 0.6) is 0 Å². The van der Waals surface area contributed by atoms with Crippen molar-refractivity contribution >= 4 is 21.7 Å². The molecular weight excluding hydrogens is 406 g/mol. The summed E-state index contributed by atoms with van der Waals surface area (Å²) >= 11 is 0. The second-order valence-electron chi connectivity index (χ2n) is 6.46. The van der Waals surface area contributed by atoms with E-state index in [1.165, 1.54) is 18.2 Å². The maximum Gasteiger partial charge on any atom is 0.273 e. The van der Waals surface area contributed by atoms with Gasteiger partial charge in [-0.05, 0) is 18.6 Å². The van der Waals surface area contributed by atoms with Gasteiger partial charge in [0.15, 0.2) is 21.3 Å². The van der Waals surface area contributed by atoms with Gasteiger partial charge < -0.3 is 15.2 Å². The first-order chi connectivity index (χ1) is 14.5. The highest BCUT2D eigenvalue weighted by atomic mass is 32.2. The molecule has 0 saturated carbocycles. The number of hydrogen-bond donors (Lipinski definition) is 2. The van der Waals surface area contributed by atoms with Crippen LogP contribution < -0.4 is 10.6 Å². The molecule has 2 N–H and O–H groups in total. The van der Waals surface area contributed by atoms with Gasteiger partial charge in [0, 0.05) is 18.2 Å². The van der Waals surface area contributed by atoms with E-state index in [-0.39, 0.29) is 35.9 Å². The standard InChI is InChI=1S/C21H21N3O5S/c25-20(22-12-7-13-30(27,28)17-10-5-2-6-11-17)15-23-21(26)18-14-19(29-24-18)16-8-3-1-4-9-16/h1-6,8-11,14H,7,12-13,15H2,(H,22,25)(H,23,26).